The van der Waals surface area contributed by atoms with Gasteiger partial charge in [-0.05, 0) is 92.4 Å². The third-order valence-corrected chi connectivity index (χ3v) is 11.6. The Morgan fingerprint density at radius 1 is 1.07 bits per heavy atom. The summed E-state index contributed by atoms with van der Waals surface area (Å²) in [7, 11) is 0. The van der Waals surface area contributed by atoms with Crippen molar-refractivity contribution in [2.24, 2.45) is 38.9 Å². The number of carbonyl (C=O) groups is 3. The molecule has 1 fully saturated rings. The van der Waals surface area contributed by atoms with Crippen molar-refractivity contribution < 1.29 is 14.4 Å². The Bertz CT molecular complexity index is 1110. The molecule has 1 saturated carbocycles. The number of amides is 1. The number of nitriles is 1. The molecule has 2 aliphatic rings. The van der Waals surface area contributed by atoms with Gasteiger partial charge in [0.15, 0.2) is 11.6 Å². The van der Waals surface area contributed by atoms with E-state index in [-0.39, 0.29) is 56.5 Å². The molecule has 1 N–H and O–H groups in total. The fourth-order valence-electron chi connectivity index (χ4n) is 7.52. The van der Waals surface area contributed by atoms with E-state index in [0.717, 1.165) is 56.9 Å². The number of rotatable bonds is 13. The smallest absolute Gasteiger partial charge is 0.220 e. The van der Waals surface area contributed by atoms with Gasteiger partial charge in [0.05, 0.1) is 5.57 Å². The SMILES string of the molecule is CCNC(=O)CC[C@@](C)(CCC(C)(C)CC)CCC(C)(C)[C@]1(C)CC[C@H]2[C@H](C)C(=O)C(C#N)=C[C@]2(C)/C1=C/C(C)=O. The minimum atomic E-state index is -0.527. The fourth-order valence-corrected chi connectivity index (χ4v) is 7.52. The first-order valence-corrected chi connectivity index (χ1v) is 16.0. The molecule has 0 aliphatic heterocycles. The Kier molecular flexibility index (Phi) is 11.1. The molecule has 5 atom stereocenters. The van der Waals surface area contributed by atoms with Gasteiger partial charge < -0.3 is 5.32 Å². The molecule has 5 heteroatoms. The van der Waals surface area contributed by atoms with Crippen molar-refractivity contribution in [2.75, 3.05) is 6.54 Å². The molecule has 0 bridgehead atoms. The van der Waals surface area contributed by atoms with Gasteiger partial charge in [-0.3, -0.25) is 14.4 Å². The van der Waals surface area contributed by atoms with Crippen LogP contribution in [0.1, 0.15) is 134 Å². The molecule has 0 aromatic carbocycles. The predicted octanol–water partition coefficient (Wildman–Crippen LogP) is 8.54. The van der Waals surface area contributed by atoms with Crippen LogP contribution in [-0.4, -0.2) is 24.0 Å². The molecule has 2 rings (SSSR count). The number of carbonyl (C=O) groups excluding carboxylic acids is 3. The van der Waals surface area contributed by atoms with Crippen molar-refractivity contribution in [3.05, 3.63) is 23.3 Å². The highest BCUT2D eigenvalue weighted by atomic mass is 16.1. The summed E-state index contributed by atoms with van der Waals surface area (Å²) in [5.41, 5.74) is 0.618. The molecule has 2 aliphatic carbocycles. The van der Waals surface area contributed by atoms with Crippen LogP contribution in [0.3, 0.4) is 0 Å². The van der Waals surface area contributed by atoms with Gasteiger partial charge in [0, 0.05) is 24.3 Å². The molecule has 0 heterocycles. The Morgan fingerprint density at radius 3 is 2.22 bits per heavy atom. The summed E-state index contributed by atoms with van der Waals surface area (Å²) in [5.74, 6) is -0.118. The zero-order valence-corrected chi connectivity index (χ0v) is 28.1. The van der Waals surface area contributed by atoms with Gasteiger partial charge in [0.25, 0.3) is 0 Å². The average Bonchev–Trinajstić information content (AvgIpc) is 2.90. The van der Waals surface area contributed by atoms with E-state index >= 15 is 0 Å². The summed E-state index contributed by atoms with van der Waals surface area (Å²) in [6.45, 7) is 24.6. The highest BCUT2D eigenvalue weighted by Crippen LogP contribution is 2.65. The quantitative estimate of drug-likeness (QED) is 0.226. The maximum Gasteiger partial charge on any atom is 0.220 e. The molecule has 41 heavy (non-hydrogen) atoms. The lowest BCUT2D eigenvalue weighted by molar-refractivity contribution is -0.123. The Balaban J connectivity index is 2.47. The number of fused-ring (bicyclic) bond motifs is 1. The number of ketones is 2. The number of allylic oxidation sites excluding steroid dienone is 4. The van der Waals surface area contributed by atoms with E-state index in [2.05, 4.69) is 66.8 Å². The zero-order valence-electron chi connectivity index (χ0n) is 28.1. The van der Waals surface area contributed by atoms with Gasteiger partial charge in [-0.15, -0.1) is 0 Å². The van der Waals surface area contributed by atoms with E-state index < -0.39 is 5.41 Å². The third-order valence-electron chi connectivity index (χ3n) is 11.6. The summed E-state index contributed by atoms with van der Waals surface area (Å²) in [4.78, 5) is 38.1. The van der Waals surface area contributed by atoms with Crippen LogP contribution in [0.15, 0.2) is 23.3 Å². The first-order valence-electron chi connectivity index (χ1n) is 16.0. The second-order valence-corrected chi connectivity index (χ2v) is 15.4. The fraction of sp³-hybridized carbons (Fsp3) is 0.778. The van der Waals surface area contributed by atoms with Crippen molar-refractivity contribution in [1.82, 2.24) is 5.32 Å². The van der Waals surface area contributed by atoms with E-state index in [1.165, 1.54) is 0 Å². The van der Waals surface area contributed by atoms with Gasteiger partial charge in [-0.25, -0.2) is 0 Å². The van der Waals surface area contributed by atoms with Crippen molar-refractivity contribution in [2.45, 2.75) is 134 Å². The predicted molar refractivity (Wildman–Crippen MR) is 168 cm³/mol. The number of hydrogen-bond donors (Lipinski definition) is 1. The summed E-state index contributed by atoms with van der Waals surface area (Å²) in [6.07, 6.45) is 12.1. The third kappa shape index (κ3) is 7.60. The second-order valence-electron chi connectivity index (χ2n) is 15.4. The van der Waals surface area contributed by atoms with Gasteiger partial charge in [-0.1, -0.05) is 80.4 Å². The monoisotopic (exact) mass is 566 g/mol. The normalized spacial score (nSPS) is 29.3. The number of hydrogen-bond acceptors (Lipinski definition) is 4. The van der Waals surface area contributed by atoms with E-state index in [9.17, 15) is 19.6 Å². The summed E-state index contributed by atoms with van der Waals surface area (Å²) in [5, 5.41) is 12.8. The molecule has 0 radical (unpaired) electrons. The zero-order chi connectivity index (χ0) is 31.4. The second kappa shape index (κ2) is 13.0. The molecule has 0 saturated heterocycles. The largest absolute Gasteiger partial charge is 0.356 e. The van der Waals surface area contributed by atoms with Crippen molar-refractivity contribution in [3.8, 4) is 6.07 Å². The average molecular weight is 567 g/mol. The Morgan fingerprint density at radius 2 is 1.68 bits per heavy atom. The van der Waals surface area contributed by atoms with Gasteiger partial charge in [0.1, 0.15) is 6.07 Å². The standard InChI is InChI=1S/C36H58N2O3/c1-12-32(5,6)18-20-34(9,16-15-30(40)38-13-2)21-19-33(7,8)36(11)17-14-28-26(4)31(41)27(24-37)23-35(28,10)29(36)22-25(3)39/h22-23,26,28H,12-21H2,1-11H3,(H,38,40)/b29-22-/t26-,28-,34-,35-,36+/m0/s1. The maximum atomic E-state index is 13.0. The van der Waals surface area contributed by atoms with Crippen LogP contribution in [0.4, 0.5) is 0 Å². The molecular formula is C36H58N2O3. The van der Waals surface area contributed by atoms with Crippen LogP contribution < -0.4 is 5.32 Å². The summed E-state index contributed by atoms with van der Waals surface area (Å²) in [6, 6.07) is 2.16. The lowest BCUT2D eigenvalue weighted by Crippen LogP contribution is -2.52. The number of nitrogens with one attached hydrogen (secondary N) is 1. The van der Waals surface area contributed by atoms with E-state index in [0.29, 0.717) is 13.0 Å². The van der Waals surface area contributed by atoms with Crippen molar-refractivity contribution in [1.29, 1.82) is 5.26 Å². The van der Waals surface area contributed by atoms with Crippen LogP contribution in [0.25, 0.3) is 0 Å². The van der Waals surface area contributed by atoms with Crippen LogP contribution in [0.5, 0.6) is 0 Å². The number of nitrogens with zero attached hydrogens (tertiary/aromatic N) is 1. The van der Waals surface area contributed by atoms with Crippen LogP contribution in [0, 0.1) is 50.2 Å². The molecule has 0 aromatic rings. The summed E-state index contributed by atoms with van der Waals surface area (Å²) < 4.78 is 0. The summed E-state index contributed by atoms with van der Waals surface area (Å²) >= 11 is 0. The van der Waals surface area contributed by atoms with E-state index in [4.69, 9.17) is 0 Å². The van der Waals surface area contributed by atoms with E-state index in [1.54, 1.807) is 6.92 Å². The molecule has 0 spiro atoms. The van der Waals surface area contributed by atoms with Gasteiger partial charge in [-0.2, -0.15) is 5.26 Å². The minimum Gasteiger partial charge on any atom is -0.356 e. The minimum absolute atomic E-state index is 0.00827. The lowest BCUT2D eigenvalue weighted by atomic mass is 9.44. The molecule has 5 nitrogen and oxygen atoms in total. The van der Waals surface area contributed by atoms with E-state index in [1.807, 2.05) is 26.0 Å². The molecule has 230 valence electrons. The lowest BCUT2D eigenvalue weighted by Gasteiger charge is -2.59. The van der Waals surface area contributed by atoms with Crippen molar-refractivity contribution >= 4 is 17.5 Å². The first-order chi connectivity index (χ1) is 18.8. The topological polar surface area (TPSA) is 87.0 Å². The molecule has 1 amide bonds. The number of Topliss-reactive ketones (excluding diaryl/α,β-unsaturated/α-hetero) is 1. The molecular weight excluding hydrogens is 508 g/mol. The van der Waals surface area contributed by atoms with Crippen molar-refractivity contribution in [3.63, 3.8) is 0 Å². The van der Waals surface area contributed by atoms with Gasteiger partial charge >= 0.3 is 0 Å². The highest BCUT2D eigenvalue weighted by molar-refractivity contribution is 6.02. The molecule has 0 unspecified atom stereocenters. The van der Waals surface area contributed by atoms with Crippen LogP contribution in [-0.2, 0) is 14.4 Å². The Labute approximate surface area is 251 Å². The first kappa shape index (κ1) is 35.0. The maximum absolute atomic E-state index is 13.0. The van der Waals surface area contributed by atoms with Gasteiger partial charge in [0.2, 0.25) is 5.91 Å². The Hall–Kier alpha value is -2.22. The highest BCUT2D eigenvalue weighted by Gasteiger charge is 2.58. The van der Waals surface area contributed by atoms with Crippen LogP contribution >= 0.6 is 0 Å². The molecule has 0 aromatic heterocycles. The van der Waals surface area contributed by atoms with Crippen LogP contribution in [0.2, 0.25) is 0 Å².